The molecule has 0 saturated carbocycles. The van der Waals surface area contributed by atoms with Crippen LogP contribution in [0, 0.1) is 0 Å². The first kappa shape index (κ1) is 13.1. The van der Waals surface area contributed by atoms with Crippen LogP contribution in [0.5, 0.6) is 0 Å². The van der Waals surface area contributed by atoms with Gasteiger partial charge in [0, 0.05) is 14.2 Å². The summed E-state index contributed by atoms with van der Waals surface area (Å²) >= 11 is 0. The highest BCUT2D eigenvalue weighted by molar-refractivity contribution is 7.48. The van der Waals surface area contributed by atoms with Crippen LogP contribution in [0.4, 0.5) is 0 Å². The smallest absolute Gasteiger partial charge is 0.393 e. The number of hydrogen-bond donors (Lipinski definition) is 1. The number of ether oxygens (including phenoxy) is 1. The average molecular weight is 240 g/mol. The zero-order chi connectivity index (χ0) is 11.5. The van der Waals surface area contributed by atoms with Gasteiger partial charge >= 0.3 is 7.82 Å². The fourth-order valence-electron chi connectivity index (χ4n) is 1.51. The van der Waals surface area contributed by atoms with Gasteiger partial charge in [0.15, 0.2) is 0 Å². The van der Waals surface area contributed by atoms with Gasteiger partial charge in [-0.2, -0.15) is 0 Å². The fraction of sp³-hybridized carbons (Fsp3) is 1.00. The molecule has 1 N–H and O–H groups in total. The number of rotatable bonds is 4. The Balaban J connectivity index is 2.85. The molecule has 6 nitrogen and oxygen atoms in total. The molecule has 0 aliphatic carbocycles. The van der Waals surface area contributed by atoms with Crippen molar-refractivity contribution in [2.24, 2.45) is 0 Å². The molecule has 0 aromatic heterocycles. The van der Waals surface area contributed by atoms with Crippen LogP contribution in [0.1, 0.15) is 13.3 Å². The van der Waals surface area contributed by atoms with Crippen LogP contribution in [-0.4, -0.2) is 44.2 Å². The van der Waals surface area contributed by atoms with Crippen molar-refractivity contribution >= 4 is 7.82 Å². The molecule has 1 fully saturated rings. The van der Waals surface area contributed by atoms with E-state index in [1.807, 2.05) is 6.92 Å². The molecular formula is C8H17O6P. The van der Waals surface area contributed by atoms with Crippen molar-refractivity contribution in [2.75, 3.05) is 27.4 Å². The second-order valence-electron chi connectivity index (χ2n) is 3.33. The fourth-order valence-corrected chi connectivity index (χ4v) is 2.79. The second kappa shape index (κ2) is 4.91. The van der Waals surface area contributed by atoms with E-state index in [1.165, 1.54) is 14.2 Å². The molecule has 90 valence electrons. The van der Waals surface area contributed by atoms with Crippen molar-refractivity contribution in [3.8, 4) is 0 Å². The quantitative estimate of drug-likeness (QED) is 0.737. The monoisotopic (exact) mass is 240 g/mol. The number of hydrogen-bond acceptors (Lipinski definition) is 6. The van der Waals surface area contributed by atoms with Gasteiger partial charge in [-0.1, -0.05) is 6.92 Å². The van der Waals surface area contributed by atoms with Gasteiger partial charge in [-0.15, -0.1) is 0 Å². The molecule has 1 heterocycles. The van der Waals surface area contributed by atoms with E-state index in [2.05, 4.69) is 4.52 Å². The lowest BCUT2D eigenvalue weighted by atomic mass is 9.96. The van der Waals surface area contributed by atoms with Crippen molar-refractivity contribution < 1.29 is 28.0 Å². The zero-order valence-corrected chi connectivity index (χ0v) is 10.0. The number of aliphatic hydroxyl groups is 1. The normalized spacial score (nSPS) is 41.7. The first-order valence-electron chi connectivity index (χ1n) is 4.70. The Hall–Kier alpha value is 0.0300. The summed E-state index contributed by atoms with van der Waals surface area (Å²) in [5, 5.41) is 9.27. The van der Waals surface area contributed by atoms with Gasteiger partial charge in [0.1, 0.15) is 11.7 Å². The van der Waals surface area contributed by atoms with Crippen LogP contribution in [0.25, 0.3) is 0 Å². The van der Waals surface area contributed by atoms with E-state index < -0.39 is 19.5 Å². The Morgan fingerprint density at radius 1 is 1.60 bits per heavy atom. The van der Waals surface area contributed by atoms with Gasteiger partial charge in [0.05, 0.1) is 13.2 Å². The maximum atomic E-state index is 11.7. The Kier molecular flexibility index (Phi) is 4.29. The third-order valence-electron chi connectivity index (χ3n) is 2.58. The third-order valence-corrected chi connectivity index (χ3v) is 3.98. The Morgan fingerprint density at radius 2 is 2.27 bits per heavy atom. The van der Waals surface area contributed by atoms with Crippen molar-refractivity contribution in [3.63, 3.8) is 0 Å². The van der Waals surface area contributed by atoms with Crippen molar-refractivity contribution in [2.45, 2.75) is 25.0 Å². The molecule has 0 amide bonds. The molecule has 0 aromatic rings. The molecule has 0 spiro atoms. The Morgan fingerprint density at radius 3 is 2.67 bits per heavy atom. The zero-order valence-electron chi connectivity index (χ0n) is 9.13. The predicted molar refractivity (Wildman–Crippen MR) is 52.6 cm³/mol. The SMILES string of the molecule is CCC1OP(=O)(OC)OCC1(CO)OC. The summed E-state index contributed by atoms with van der Waals surface area (Å²) in [6.07, 6.45) is 0.0394. The van der Waals surface area contributed by atoms with Crippen LogP contribution in [0.15, 0.2) is 0 Å². The maximum Gasteiger partial charge on any atom is 0.474 e. The molecule has 0 radical (unpaired) electrons. The van der Waals surface area contributed by atoms with Crippen LogP contribution >= 0.6 is 7.82 Å². The highest BCUT2D eigenvalue weighted by Gasteiger charge is 2.49. The van der Waals surface area contributed by atoms with Crippen LogP contribution in [0.3, 0.4) is 0 Å². The Labute approximate surface area is 89.1 Å². The van der Waals surface area contributed by atoms with Crippen LogP contribution in [0.2, 0.25) is 0 Å². The van der Waals surface area contributed by atoms with Crippen molar-refractivity contribution in [3.05, 3.63) is 0 Å². The maximum absolute atomic E-state index is 11.7. The van der Waals surface area contributed by atoms with Gasteiger partial charge in [0.2, 0.25) is 0 Å². The molecule has 0 bridgehead atoms. The molecule has 1 aliphatic rings. The summed E-state index contributed by atoms with van der Waals surface area (Å²) in [5.74, 6) is 0. The number of methoxy groups -OCH3 is 1. The molecule has 0 aromatic carbocycles. The second-order valence-corrected chi connectivity index (χ2v) is 5.06. The van der Waals surface area contributed by atoms with Crippen molar-refractivity contribution in [1.29, 1.82) is 0 Å². The summed E-state index contributed by atoms with van der Waals surface area (Å²) in [6, 6.07) is 0. The Bertz CT molecular complexity index is 252. The highest BCUT2D eigenvalue weighted by Crippen LogP contribution is 2.55. The summed E-state index contributed by atoms with van der Waals surface area (Å²) < 4.78 is 31.7. The minimum absolute atomic E-state index is 0.0103. The first-order valence-corrected chi connectivity index (χ1v) is 6.16. The van der Waals surface area contributed by atoms with E-state index in [9.17, 15) is 9.67 Å². The van der Waals surface area contributed by atoms with Gasteiger partial charge in [0.25, 0.3) is 0 Å². The first-order chi connectivity index (χ1) is 7.05. The summed E-state index contributed by atoms with van der Waals surface area (Å²) in [7, 11) is -0.755. The largest absolute Gasteiger partial charge is 0.474 e. The van der Waals surface area contributed by atoms with E-state index in [0.29, 0.717) is 6.42 Å². The molecule has 15 heavy (non-hydrogen) atoms. The highest BCUT2D eigenvalue weighted by atomic mass is 31.2. The van der Waals surface area contributed by atoms with Gasteiger partial charge in [-0.3, -0.25) is 13.6 Å². The van der Waals surface area contributed by atoms with E-state index in [4.69, 9.17) is 13.8 Å². The molecule has 3 atom stereocenters. The van der Waals surface area contributed by atoms with E-state index in [1.54, 1.807) is 0 Å². The minimum atomic E-state index is -3.46. The molecule has 1 rings (SSSR count). The average Bonchev–Trinajstić information content (AvgIpc) is 2.29. The molecule has 1 saturated heterocycles. The molecule has 1 aliphatic heterocycles. The number of phosphoric acid groups is 1. The van der Waals surface area contributed by atoms with E-state index >= 15 is 0 Å². The lowest BCUT2D eigenvalue weighted by molar-refractivity contribution is -0.172. The molecule has 7 heteroatoms. The number of phosphoric ester groups is 1. The standard InChI is InChI=1S/C8H17O6P/c1-4-7-8(5-9,11-2)6-13-15(10,12-3)14-7/h7,9H,4-6H2,1-3H3. The van der Waals surface area contributed by atoms with Crippen LogP contribution in [-0.2, 0) is 22.9 Å². The molecular weight excluding hydrogens is 223 g/mol. The van der Waals surface area contributed by atoms with Crippen molar-refractivity contribution in [1.82, 2.24) is 0 Å². The predicted octanol–water partition coefficient (Wildman–Crippen LogP) is 0.944. The molecule has 3 unspecified atom stereocenters. The van der Waals surface area contributed by atoms with Crippen LogP contribution < -0.4 is 0 Å². The van der Waals surface area contributed by atoms with Gasteiger partial charge in [-0.25, -0.2) is 4.57 Å². The minimum Gasteiger partial charge on any atom is -0.393 e. The van der Waals surface area contributed by atoms with E-state index in [0.717, 1.165) is 0 Å². The van der Waals surface area contributed by atoms with Gasteiger partial charge < -0.3 is 9.84 Å². The number of aliphatic hydroxyl groups excluding tert-OH is 1. The lowest BCUT2D eigenvalue weighted by Gasteiger charge is -2.42. The summed E-state index contributed by atoms with van der Waals surface area (Å²) in [4.78, 5) is 0. The lowest BCUT2D eigenvalue weighted by Crippen LogP contribution is -2.54. The summed E-state index contributed by atoms with van der Waals surface area (Å²) in [5.41, 5.74) is -0.957. The topological polar surface area (TPSA) is 74.2 Å². The summed E-state index contributed by atoms with van der Waals surface area (Å²) in [6.45, 7) is 1.58. The third kappa shape index (κ3) is 2.41. The van der Waals surface area contributed by atoms with Gasteiger partial charge in [-0.05, 0) is 6.42 Å². The van der Waals surface area contributed by atoms with E-state index in [-0.39, 0.29) is 13.2 Å².